The van der Waals surface area contributed by atoms with Crippen molar-refractivity contribution in [2.24, 2.45) is 5.73 Å². The van der Waals surface area contributed by atoms with E-state index < -0.39 is 5.91 Å². The van der Waals surface area contributed by atoms with Gasteiger partial charge in [0.15, 0.2) is 0 Å². The highest BCUT2D eigenvalue weighted by Crippen LogP contribution is 2.28. The van der Waals surface area contributed by atoms with Crippen molar-refractivity contribution < 1.29 is 19.4 Å². The Balaban J connectivity index is 2.40. The van der Waals surface area contributed by atoms with Gasteiger partial charge in [-0.3, -0.25) is 4.79 Å². The number of methoxy groups -OCH3 is 1. The lowest BCUT2D eigenvalue weighted by Gasteiger charge is -2.10. The maximum atomic E-state index is 12.0. The molecule has 0 atom stereocenters. The Kier molecular flexibility index (Phi) is 6.77. The number of nitriles is 1. The van der Waals surface area contributed by atoms with Gasteiger partial charge in [0.05, 0.1) is 24.9 Å². The Morgan fingerprint density at radius 2 is 1.65 bits per heavy atom. The summed E-state index contributed by atoms with van der Waals surface area (Å²) in [7, 11) is 1.55. The minimum Gasteiger partial charge on any atom is -0.497 e. The Bertz CT molecular complexity index is 818. The van der Waals surface area contributed by atoms with Crippen LogP contribution in [0.1, 0.15) is 17.5 Å². The number of hydrogen-bond donors (Lipinski definition) is 2. The molecule has 0 radical (unpaired) electrons. The summed E-state index contributed by atoms with van der Waals surface area (Å²) >= 11 is 0. The van der Waals surface area contributed by atoms with Gasteiger partial charge in [-0.25, -0.2) is 0 Å². The number of carbonyl (C=O) groups excluding carboxylic acids is 1. The quantitative estimate of drug-likeness (QED) is 0.328. The summed E-state index contributed by atoms with van der Waals surface area (Å²) in [6, 6.07) is 15.6. The number of hydrogen-bond acceptors (Lipinski definition) is 5. The highest BCUT2D eigenvalue weighted by atomic mass is 16.5. The van der Waals surface area contributed by atoms with Crippen molar-refractivity contribution in [1.82, 2.24) is 0 Å². The van der Waals surface area contributed by atoms with E-state index in [4.69, 9.17) is 20.3 Å². The Hall–Kier alpha value is -3.30. The van der Waals surface area contributed by atoms with Crippen LogP contribution in [0.3, 0.4) is 0 Å². The number of ether oxygens (including phenoxy) is 2. The van der Waals surface area contributed by atoms with Crippen molar-refractivity contribution in [2.75, 3.05) is 20.3 Å². The number of aliphatic hydroxyl groups excluding tert-OH is 1. The molecule has 0 aromatic heterocycles. The second-order valence-corrected chi connectivity index (χ2v) is 5.40. The molecule has 0 aliphatic carbocycles. The molecular weight excluding hydrogens is 332 g/mol. The average Bonchev–Trinajstić information content (AvgIpc) is 2.67. The number of allylic oxidation sites excluding steroid dienone is 1. The number of nitrogens with two attached hydrogens (primary N) is 1. The zero-order chi connectivity index (χ0) is 18.9. The van der Waals surface area contributed by atoms with Crippen LogP contribution in [0.15, 0.2) is 48.5 Å². The molecule has 2 aromatic rings. The van der Waals surface area contributed by atoms with Gasteiger partial charge in [-0.05, 0) is 47.5 Å². The molecule has 0 unspecified atom stereocenters. The second kappa shape index (κ2) is 9.25. The zero-order valence-corrected chi connectivity index (χ0v) is 14.4. The molecule has 0 heterocycles. The van der Waals surface area contributed by atoms with Crippen molar-refractivity contribution in [3.8, 4) is 17.6 Å². The van der Waals surface area contributed by atoms with Gasteiger partial charge in [0.2, 0.25) is 0 Å². The van der Waals surface area contributed by atoms with Gasteiger partial charge in [-0.2, -0.15) is 5.26 Å². The van der Waals surface area contributed by atoms with Gasteiger partial charge in [0.25, 0.3) is 5.91 Å². The number of benzene rings is 2. The summed E-state index contributed by atoms with van der Waals surface area (Å²) in [4.78, 5) is 12.0. The first-order chi connectivity index (χ1) is 12.6. The number of rotatable bonds is 8. The van der Waals surface area contributed by atoms with E-state index in [1.54, 1.807) is 55.6 Å². The van der Waals surface area contributed by atoms with Crippen LogP contribution in [0.4, 0.5) is 0 Å². The fourth-order valence-electron chi connectivity index (χ4n) is 2.40. The van der Waals surface area contributed by atoms with Crippen LogP contribution in [-0.2, 0) is 4.79 Å². The fraction of sp³-hybridized carbons (Fsp3) is 0.200. The van der Waals surface area contributed by atoms with Crippen LogP contribution in [0, 0.1) is 11.3 Å². The van der Waals surface area contributed by atoms with Crippen molar-refractivity contribution in [1.29, 1.82) is 5.26 Å². The fourth-order valence-corrected chi connectivity index (χ4v) is 2.40. The van der Waals surface area contributed by atoms with E-state index in [0.29, 0.717) is 35.7 Å². The number of carbonyl (C=O) groups is 1. The highest BCUT2D eigenvalue weighted by molar-refractivity contribution is 6.28. The topological polar surface area (TPSA) is 106 Å². The molecule has 0 spiro atoms. The Labute approximate surface area is 152 Å². The monoisotopic (exact) mass is 352 g/mol. The molecule has 0 saturated heterocycles. The van der Waals surface area contributed by atoms with Crippen LogP contribution in [-0.4, -0.2) is 31.3 Å². The molecule has 6 heteroatoms. The zero-order valence-electron chi connectivity index (χ0n) is 14.4. The maximum Gasteiger partial charge on any atom is 0.250 e. The molecule has 0 fully saturated rings. The second-order valence-electron chi connectivity index (χ2n) is 5.40. The third-order valence-corrected chi connectivity index (χ3v) is 3.70. The summed E-state index contributed by atoms with van der Waals surface area (Å²) in [5.74, 6) is 0.569. The smallest absolute Gasteiger partial charge is 0.250 e. The molecule has 2 rings (SSSR count). The van der Waals surface area contributed by atoms with Crippen LogP contribution in [0.5, 0.6) is 11.5 Å². The Morgan fingerprint density at radius 3 is 2.15 bits per heavy atom. The lowest BCUT2D eigenvalue weighted by atomic mass is 9.95. The summed E-state index contributed by atoms with van der Waals surface area (Å²) in [6.07, 6.45) is 0.536. The van der Waals surface area contributed by atoms with Crippen molar-refractivity contribution in [2.45, 2.75) is 6.42 Å². The Morgan fingerprint density at radius 1 is 1.08 bits per heavy atom. The highest BCUT2D eigenvalue weighted by Gasteiger charge is 2.17. The molecule has 6 nitrogen and oxygen atoms in total. The van der Waals surface area contributed by atoms with E-state index >= 15 is 0 Å². The van der Waals surface area contributed by atoms with Crippen LogP contribution in [0.25, 0.3) is 11.1 Å². The van der Waals surface area contributed by atoms with Crippen molar-refractivity contribution in [3.63, 3.8) is 0 Å². The summed E-state index contributed by atoms with van der Waals surface area (Å²) in [5, 5.41) is 18.4. The van der Waals surface area contributed by atoms with Crippen LogP contribution < -0.4 is 15.2 Å². The van der Waals surface area contributed by atoms with Crippen LogP contribution >= 0.6 is 0 Å². The molecular formula is C20H20N2O4. The van der Waals surface area contributed by atoms with Gasteiger partial charge in [-0.1, -0.05) is 12.1 Å². The minimum absolute atomic E-state index is 0.0588. The molecule has 1 amide bonds. The van der Waals surface area contributed by atoms with E-state index in [1.165, 1.54) is 0 Å². The molecule has 0 saturated carbocycles. The lowest BCUT2D eigenvalue weighted by molar-refractivity contribution is -0.112. The predicted molar refractivity (Wildman–Crippen MR) is 98.3 cm³/mol. The van der Waals surface area contributed by atoms with Crippen molar-refractivity contribution in [3.05, 3.63) is 59.7 Å². The normalized spacial score (nSPS) is 11.3. The van der Waals surface area contributed by atoms with Gasteiger partial charge in [0, 0.05) is 13.0 Å². The molecule has 3 N–H and O–H groups in total. The standard InChI is InChI=1S/C20H20N2O4/c1-25-16-7-5-15(6-8-16)19(20(22)24)18(13-21)14-3-9-17(10-4-14)26-12-2-11-23/h3-10,23H,2,11-12H2,1H3,(H2,22,24). The molecule has 0 bridgehead atoms. The molecule has 26 heavy (non-hydrogen) atoms. The first kappa shape index (κ1) is 19.0. The van der Waals surface area contributed by atoms with E-state index in [2.05, 4.69) is 6.07 Å². The average molecular weight is 352 g/mol. The molecule has 0 aliphatic heterocycles. The maximum absolute atomic E-state index is 12.0. The van der Waals surface area contributed by atoms with E-state index in [9.17, 15) is 10.1 Å². The first-order valence-electron chi connectivity index (χ1n) is 8.03. The van der Waals surface area contributed by atoms with E-state index in [-0.39, 0.29) is 17.8 Å². The summed E-state index contributed by atoms with van der Waals surface area (Å²) in [6.45, 7) is 0.457. The molecule has 134 valence electrons. The van der Waals surface area contributed by atoms with Gasteiger partial charge in [-0.15, -0.1) is 0 Å². The summed E-state index contributed by atoms with van der Waals surface area (Å²) in [5.41, 5.74) is 6.97. The van der Waals surface area contributed by atoms with Crippen LogP contribution in [0.2, 0.25) is 0 Å². The molecule has 2 aromatic carbocycles. The van der Waals surface area contributed by atoms with Gasteiger partial charge >= 0.3 is 0 Å². The summed E-state index contributed by atoms with van der Waals surface area (Å²) < 4.78 is 10.6. The van der Waals surface area contributed by atoms with E-state index in [1.807, 2.05) is 0 Å². The SMILES string of the molecule is COc1ccc(C(C(N)=O)=C(C#N)c2ccc(OCCCO)cc2)cc1. The number of aliphatic hydroxyl groups is 1. The largest absolute Gasteiger partial charge is 0.497 e. The third kappa shape index (κ3) is 4.62. The lowest BCUT2D eigenvalue weighted by Crippen LogP contribution is -2.14. The number of amides is 1. The van der Waals surface area contributed by atoms with Gasteiger partial charge < -0.3 is 20.3 Å². The van der Waals surface area contributed by atoms with E-state index in [0.717, 1.165) is 0 Å². The van der Waals surface area contributed by atoms with Crippen molar-refractivity contribution >= 4 is 17.1 Å². The third-order valence-electron chi connectivity index (χ3n) is 3.70. The predicted octanol–water partition coefficient (Wildman–Crippen LogP) is 2.38. The number of primary amides is 1. The van der Waals surface area contributed by atoms with Gasteiger partial charge in [0.1, 0.15) is 17.6 Å². The minimum atomic E-state index is -0.685. The number of nitrogens with zero attached hydrogens (tertiary/aromatic N) is 1. The first-order valence-corrected chi connectivity index (χ1v) is 8.03. The molecule has 0 aliphatic rings.